The molecular weight excluding hydrogens is 597 g/mol. The molecule has 230 valence electrons. The van der Waals surface area contributed by atoms with Crippen LogP contribution >= 0.6 is 11.8 Å². The number of piperidine rings is 1. The summed E-state index contributed by atoms with van der Waals surface area (Å²) in [5, 5.41) is 15.0. The summed E-state index contributed by atoms with van der Waals surface area (Å²) in [7, 11) is -3.58. The molecule has 1 fully saturated rings. The second kappa shape index (κ2) is 13.7. The molecule has 0 saturated carbocycles. The van der Waals surface area contributed by atoms with E-state index in [0.717, 1.165) is 47.3 Å². The molecule has 44 heavy (non-hydrogen) atoms. The molecule has 1 aliphatic rings. The number of nitrogens with zero attached hydrogens (tertiary/aromatic N) is 4. The third-order valence-corrected chi connectivity index (χ3v) is 10.5. The second-order valence-electron chi connectivity index (χ2n) is 10.8. The van der Waals surface area contributed by atoms with E-state index in [2.05, 4.69) is 20.8 Å². The molecule has 10 nitrogen and oxygen atoms in total. The first-order valence-electron chi connectivity index (χ1n) is 14.5. The first-order valence-corrected chi connectivity index (χ1v) is 16.9. The van der Waals surface area contributed by atoms with Crippen LogP contribution in [0.25, 0.3) is 5.69 Å². The summed E-state index contributed by atoms with van der Waals surface area (Å²) in [6.07, 6.45) is 2.74. The minimum absolute atomic E-state index is 0.0725. The standard InChI is InChI=1S/C32H36N6O4S2/c1-22-9-7-11-26(19-22)34-30(39)21-43-32-36-35-29(38(32)28-12-8-10-23(2)24(28)3)20-33-31(40)25-13-15-27(16-14-25)44(41,42)37-17-5-4-6-18-37/h7-16,19H,4-6,17-18,20-21H2,1-3H3,(H,33,40)(H,34,39). The number of hydrogen-bond acceptors (Lipinski definition) is 7. The van der Waals surface area contributed by atoms with Gasteiger partial charge in [0, 0.05) is 24.3 Å². The van der Waals surface area contributed by atoms with E-state index in [1.807, 2.05) is 67.8 Å². The SMILES string of the molecule is Cc1cccc(NC(=O)CSc2nnc(CNC(=O)c3ccc(S(=O)(=O)N4CCCCC4)cc3)n2-c2cccc(C)c2C)c1. The van der Waals surface area contributed by atoms with Gasteiger partial charge >= 0.3 is 0 Å². The molecule has 5 rings (SSSR count). The van der Waals surface area contributed by atoms with Crippen LogP contribution in [0.1, 0.15) is 52.1 Å². The van der Waals surface area contributed by atoms with Crippen LogP contribution in [0.4, 0.5) is 5.69 Å². The molecule has 2 amide bonds. The van der Waals surface area contributed by atoms with Gasteiger partial charge in [-0.1, -0.05) is 42.4 Å². The molecule has 0 aliphatic carbocycles. The van der Waals surface area contributed by atoms with Gasteiger partial charge in [0.15, 0.2) is 11.0 Å². The van der Waals surface area contributed by atoms with Crippen molar-refractivity contribution < 1.29 is 18.0 Å². The van der Waals surface area contributed by atoms with Gasteiger partial charge < -0.3 is 10.6 Å². The Bertz CT molecular complexity index is 1760. The maximum Gasteiger partial charge on any atom is 0.251 e. The molecule has 0 atom stereocenters. The van der Waals surface area contributed by atoms with Crippen LogP contribution in [0.15, 0.2) is 76.8 Å². The zero-order chi connectivity index (χ0) is 31.3. The average molecular weight is 633 g/mol. The molecule has 12 heteroatoms. The summed E-state index contributed by atoms with van der Waals surface area (Å²) in [6, 6.07) is 19.5. The summed E-state index contributed by atoms with van der Waals surface area (Å²) in [6.45, 7) is 7.09. The van der Waals surface area contributed by atoms with Gasteiger partial charge in [-0.05, 0) is 92.8 Å². The normalized spacial score (nSPS) is 13.9. The summed E-state index contributed by atoms with van der Waals surface area (Å²) in [4.78, 5) is 26.0. The van der Waals surface area contributed by atoms with Gasteiger partial charge in [-0.25, -0.2) is 8.42 Å². The van der Waals surface area contributed by atoms with E-state index in [4.69, 9.17) is 0 Å². The van der Waals surface area contributed by atoms with Crippen LogP contribution in [0, 0.1) is 20.8 Å². The van der Waals surface area contributed by atoms with Crippen molar-refractivity contribution in [3.63, 3.8) is 0 Å². The lowest BCUT2D eigenvalue weighted by atomic mass is 10.1. The van der Waals surface area contributed by atoms with Crippen LogP contribution < -0.4 is 10.6 Å². The predicted octanol–water partition coefficient (Wildman–Crippen LogP) is 5.03. The monoisotopic (exact) mass is 632 g/mol. The number of amides is 2. The Kier molecular flexibility index (Phi) is 9.82. The van der Waals surface area contributed by atoms with Crippen molar-refractivity contribution in [2.75, 3.05) is 24.2 Å². The van der Waals surface area contributed by atoms with Gasteiger partial charge in [-0.2, -0.15) is 4.31 Å². The van der Waals surface area contributed by atoms with E-state index in [0.29, 0.717) is 29.6 Å². The molecule has 1 aromatic heterocycles. The Labute approximate surface area is 262 Å². The van der Waals surface area contributed by atoms with E-state index >= 15 is 0 Å². The van der Waals surface area contributed by atoms with Crippen molar-refractivity contribution in [3.05, 3.63) is 94.8 Å². The van der Waals surface area contributed by atoms with Gasteiger partial charge in [-0.15, -0.1) is 10.2 Å². The van der Waals surface area contributed by atoms with E-state index in [1.54, 1.807) is 0 Å². The molecule has 1 aliphatic heterocycles. The molecule has 2 heterocycles. The lowest BCUT2D eigenvalue weighted by Crippen LogP contribution is -2.35. The number of thioether (sulfide) groups is 1. The highest BCUT2D eigenvalue weighted by atomic mass is 32.2. The predicted molar refractivity (Wildman–Crippen MR) is 172 cm³/mol. The van der Waals surface area contributed by atoms with Crippen molar-refractivity contribution in [1.82, 2.24) is 24.4 Å². The van der Waals surface area contributed by atoms with Crippen molar-refractivity contribution in [2.45, 2.75) is 56.6 Å². The van der Waals surface area contributed by atoms with Crippen LogP contribution in [0.5, 0.6) is 0 Å². The van der Waals surface area contributed by atoms with Crippen LogP contribution in [0.3, 0.4) is 0 Å². The van der Waals surface area contributed by atoms with Gasteiger partial charge in [0.1, 0.15) is 0 Å². The quantitative estimate of drug-likeness (QED) is 0.235. The number of aryl methyl sites for hydroxylation is 2. The molecule has 0 spiro atoms. The number of carbonyl (C=O) groups excluding carboxylic acids is 2. The van der Waals surface area contributed by atoms with E-state index in [1.165, 1.54) is 40.3 Å². The van der Waals surface area contributed by atoms with Crippen LogP contribution in [-0.4, -0.2) is 58.1 Å². The number of rotatable bonds is 10. The number of benzene rings is 3. The number of anilines is 1. The van der Waals surface area contributed by atoms with Crippen LogP contribution in [0.2, 0.25) is 0 Å². The Balaban J connectivity index is 1.30. The fourth-order valence-electron chi connectivity index (χ4n) is 5.07. The zero-order valence-corrected chi connectivity index (χ0v) is 26.7. The average Bonchev–Trinajstić information content (AvgIpc) is 3.43. The van der Waals surface area contributed by atoms with Crippen molar-refractivity contribution in [2.24, 2.45) is 0 Å². The topological polar surface area (TPSA) is 126 Å². The van der Waals surface area contributed by atoms with E-state index < -0.39 is 10.0 Å². The van der Waals surface area contributed by atoms with Crippen molar-refractivity contribution >= 4 is 39.3 Å². The highest BCUT2D eigenvalue weighted by Gasteiger charge is 2.26. The molecule has 0 bridgehead atoms. The Morgan fingerprint density at radius 3 is 2.36 bits per heavy atom. The lowest BCUT2D eigenvalue weighted by molar-refractivity contribution is -0.113. The summed E-state index contributed by atoms with van der Waals surface area (Å²) >= 11 is 1.26. The third-order valence-electron chi connectivity index (χ3n) is 7.63. The largest absolute Gasteiger partial charge is 0.345 e. The fourth-order valence-corrected chi connectivity index (χ4v) is 7.35. The maximum absolute atomic E-state index is 13.1. The fraction of sp³-hybridized carbons (Fsp3) is 0.312. The summed E-state index contributed by atoms with van der Waals surface area (Å²) < 4.78 is 29.3. The lowest BCUT2D eigenvalue weighted by Gasteiger charge is -2.25. The minimum atomic E-state index is -3.58. The number of hydrogen-bond donors (Lipinski definition) is 2. The number of sulfonamides is 1. The van der Waals surface area contributed by atoms with Gasteiger partial charge in [0.05, 0.1) is 22.9 Å². The highest BCUT2D eigenvalue weighted by Crippen LogP contribution is 2.26. The molecular formula is C32H36N6O4S2. The molecule has 1 saturated heterocycles. The van der Waals surface area contributed by atoms with Crippen molar-refractivity contribution in [1.29, 1.82) is 0 Å². The van der Waals surface area contributed by atoms with Crippen molar-refractivity contribution in [3.8, 4) is 5.69 Å². The van der Waals surface area contributed by atoms with Gasteiger partial charge in [0.2, 0.25) is 15.9 Å². The maximum atomic E-state index is 13.1. The smallest absolute Gasteiger partial charge is 0.251 e. The number of nitrogens with one attached hydrogen (secondary N) is 2. The third kappa shape index (κ3) is 7.20. The number of carbonyl (C=O) groups is 2. The Morgan fingerprint density at radius 1 is 0.909 bits per heavy atom. The molecule has 0 unspecified atom stereocenters. The number of aromatic nitrogens is 3. The minimum Gasteiger partial charge on any atom is -0.345 e. The van der Waals surface area contributed by atoms with E-state index in [9.17, 15) is 18.0 Å². The van der Waals surface area contributed by atoms with Gasteiger partial charge in [0.25, 0.3) is 5.91 Å². The Morgan fingerprint density at radius 2 is 1.64 bits per heavy atom. The first kappa shape index (κ1) is 31.4. The summed E-state index contributed by atoms with van der Waals surface area (Å²) in [5.41, 5.74) is 5.08. The second-order valence-corrected chi connectivity index (χ2v) is 13.7. The molecule has 3 aromatic carbocycles. The summed E-state index contributed by atoms with van der Waals surface area (Å²) in [5.74, 6) is 0.0829. The molecule has 2 N–H and O–H groups in total. The first-order chi connectivity index (χ1) is 21.1. The van der Waals surface area contributed by atoms with Gasteiger partial charge in [-0.3, -0.25) is 14.2 Å². The molecule has 0 radical (unpaired) electrons. The van der Waals surface area contributed by atoms with E-state index in [-0.39, 0.29) is 29.0 Å². The van der Waals surface area contributed by atoms with Crippen LogP contribution in [-0.2, 0) is 21.4 Å². The highest BCUT2D eigenvalue weighted by molar-refractivity contribution is 7.99. The Hall–Kier alpha value is -4.00. The zero-order valence-electron chi connectivity index (χ0n) is 25.0. The molecule has 4 aromatic rings.